The van der Waals surface area contributed by atoms with Crippen molar-refractivity contribution in [1.82, 2.24) is 15.0 Å². The summed E-state index contributed by atoms with van der Waals surface area (Å²) in [5.74, 6) is -0.352. The smallest absolute Gasteiger partial charge is 0.323 e. The van der Waals surface area contributed by atoms with Crippen LogP contribution in [0.15, 0.2) is 29.8 Å². The van der Waals surface area contributed by atoms with E-state index in [1.165, 1.54) is 0 Å². The van der Waals surface area contributed by atoms with Crippen molar-refractivity contribution in [2.75, 3.05) is 18.5 Å². The number of likely N-dealkylation sites (N-methyl/N-ethyl adjacent to an activating group) is 1. The summed E-state index contributed by atoms with van der Waals surface area (Å²) in [6, 6.07) is 5.84. The zero-order valence-electron chi connectivity index (χ0n) is 10.7. The van der Waals surface area contributed by atoms with E-state index in [4.69, 9.17) is 5.11 Å². The highest BCUT2D eigenvalue weighted by atomic mass is 32.1. The Morgan fingerprint density at radius 2 is 2.35 bits per heavy atom. The summed E-state index contributed by atoms with van der Waals surface area (Å²) in [5.41, 5.74) is 2.69. The van der Waals surface area contributed by atoms with Crippen molar-refractivity contribution in [3.8, 4) is 10.6 Å². The molecule has 7 heteroatoms. The first-order valence-corrected chi connectivity index (χ1v) is 6.84. The SMILES string of the molecule is CN(CC(=O)O)c1nc2ccc(-c3nccs3)cc2[nH]1. The molecule has 3 aromatic rings. The molecule has 0 spiro atoms. The van der Waals surface area contributed by atoms with Crippen molar-refractivity contribution in [2.45, 2.75) is 0 Å². The lowest BCUT2D eigenvalue weighted by molar-refractivity contribution is -0.135. The van der Waals surface area contributed by atoms with E-state index >= 15 is 0 Å². The number of aromatic amines is 1. The highest BCUT2D eigenvalue weighted by Gasteiger charge is 2.11. The van der Waals surface area contributed by atoms with Gasteiger partial charge in [-0.1, -0.05) is 0 Å². The van der Waals surface area contributed by atoms with Gasteiger partial charge in [-0.15, -0.1) is 11.3 Å². The number of fused-ring (bicyclic) bond motifs is 1. The van der Waals surface area contributed by atoms with E-state index in [2.05, 4.69) is 15.0 Å². The molecule has 0 fully saturated rings. The Kier molecular flexibility index (Phi) is 3.11. The number of aromatic nitrogens is 3. The van der Waals surface area contributed by atoms with Gasteiger partial charge in [0.15, 0.2) is 0 Å². The topological polar surface area (TPSA) is 82.1 Å². The molecule has 0 unspecified atom stereocenters. The van der Waals surface area contributed by atoms with Crippen LogP contribution in [0.4, 0.5) is 5.95 Å². The summed E-state index contributed by atoms with van der Waals surface area (Å²) in [7, 11) is 1.69. The molecule has 20 heavy (non-hydrogen) atoms. The number of carboxylic acid groups (broad SMARTS) is 1. The first-order chi connectivity index (χ1) is 9.63. The molecule has 0 atom stereocenters. The summed E-state index contributed by atoms with van der Waals surface area (Å²) in [6.07, 6.45) is 1.77. The largest absolute Gasteiger partial charge is 0.480 e. The number of H-pyrrole nitrogens is 1. The third-order valence-electron chi connectivity index (χ3n) is 2.88. The first-order valence-electron chi connectivity index (χ1n) is 5.96. The lowest BCUT2D eigenvalue weighted by Crippen LogP contribution is -2.25. The fourth-order valence-corrected chi connectivity index (χ4v) is 2.59. The van der Waals surface area contributed by atoms with Crippen LogP contribution in [0.25, 0.3) is 21.6 Å². The van der Waals surface area contributed by atoms with E-state index in [9.17, 15) is 4.79 Å². The van der Waals surface area contributed by atoms with Gasteiger partial charge in [0.2, 0.25) is 5.95 Å². The number of carbonyl (C=O) groups is 1. The van der Waals surface area contributed by atoms with Crippen LogP contribution in [0.1, 0.15) is 0 Å². The summed E-state index contributed by atoms with van der Waals surface area (Å²) >= 11 is 1.57. The zero-order chi connectivity index (χ0) is 14.1. The fraction of sp³-hybridized carbons (Fsp3) is 0.154. The number of hydrogen-bond donors (Lipinski definition) is 2. The summed E-state index contributed by atoms with van der Waals surface area (Å²) in [4.78, 5) is 24.1. The van der Waals surface area contributed by atoms with Crippen molar-refractivity contribution in [3.63, 3.8) is 0 Å². The highest BCUT2D eigenvalue weighted by Crippen LogP contribution is 2.26. The molecule has 2 N–H and O–H groups in total. The minimum atomic E-state index is -0.892. The minimum Gasteiger partial charge on any atom is -0.480 e. The fourth-order valence-electron chi connectivity index (χ4n) is 1.95. The molecule has 3 rings (SSSR count). The third kappa shape index (κ3) is 2.35. The predicted molar refractivity (Wildman–Crippen MR) is 78.1 cm³/mol. The molecule has 0 radical (unpaired) electrons. The number of nitrogens with zero attached hydrogens (tertiary/aromatic N) is 3. The Labute approximate surface area is 118 Å². The number of thiazole rings is 1. The van der Waals surface area contributed by atoms with Crippen molar-refractivity contribution in [3.05, 3.63) is 29.8 Å². The molecule has 102 valence electrons. The van der Waals surface area contributed by atoms with Gasteiger partial charge in [0, 0.05) is 24.2 Å². The van der Waals surface area contributed by atoms with Gasteiger partial charge < -0.3 is 15.0 Å². The van der Waals surface area contributed by atoms with Crippen LogP contribution in [-0.4, -0.2) is 39.6 Å². The number of aliphatic carboxylic acids is 1. The van der Waals surface area contributed by atoms with E-state index in [1.54, 1.807) is 29.5 Å². The van der Waals surface area contributed by atoms with Crippen molar-refractivity contribution >= 4 is 34.3 Å². The second kappa shape index (κ2) is 4.93. The van der Waals surface area contributed by atoms with E-state index in [0.717, 1.165) is 21.6 Å². The average Bonchev–Trinajstić information content (AvgIpc) is 3.06. The lowest BCUT2D eigenvalue weighted by atomic mass is 10.2. The number of hydrogen-bond acceptors (Lipinski definition) is 5. The quantitative estimate of drug-likeness (QED) is 0.769. The highest BCUT2D eigenvalue weighted by molar-refractivity contribution is 7.13. The molecule has 0 aliphatic heterocycles. The molecule has 0 aliphatic carbocycles. The normalized spacial score (nSPS) is 10.8. The molecule has 0 aliphatic rings. The molecule has 0 saturated heterocycles. The second-order valence-corrected chi connectivity index (χ2v) is 5.27. The molecular weight excluding hydrogens is 276 g/mol. The first kappa shape index (κ1) is 12.6. The summed E-state index contributed by atoms with van der Waals surface area (Å²) in [6.45, 7) is -0.0981. The number of imidazole rings is 1. The van der Waals surface area contributed by atoms with Gasteiger partial charge in [-0.25, -0.2) is 9.97 Å². The molecule has 6 nitrogen and oxygen atoms in total. The monoisotopic (exact) mass is 288 g/mol. The summed E-state index contributed by atoms with van der Waals surface area (Å²) in [5, 5.41) is 11.7. The lowest BCUT2D eigenvalue weighted by Gasteiger charge is -2.11. The zero-order valence-corrected chi connectivity index (χ0v) is 11.5. The Morgan fingerprint density at radius 3 is 3.05 bits per heavy atom. The van der Waals surface area contributed by atoms with Crippen LogP contribution in [0.3, 0.4) is 0 Å². The molecule has 1 aromatic carbocycles. The van der Waals surface area contributed by atoms with E-state index in [0.29, 0.717) is 5.95 Å². The van der Waals surface area contributed by atoms with E-state index in [-0.39, 0.29) is 6.54 Å². The molecule has 2 heterocycles. The molecule has 0 amide bonds. The Balaban J connectivity index is 1.97. The maximum absolute atomic E-state index is 10.7. The number of rotatable bonds is 4. The predicted octanol–water partition coefficient (Wildman–Crippen LogP) is 2.21. The molecule has 0 bridgehead atoms. The van der Waals surface area contributed by atoms with Crippen LogP contribution in [0, 0.1) is 0 Å². The van der Waals surface area contributed by atoms with Crippen LogP contribution in [-0.2, 0) is 4.79 Å². The number of nitrogens with one attached hydrogen (secondary N) is 1. The Bertz CT molecular complexity index is 751. The number of anilines is 1. The molecule has 2 aromatic heterocycles. The Morgan fingerprint density at radius 1 is 1.50 bits per heavy atom. The molecular formula is C13H12N4O2S. The van der Waals surface area contributed by atoms with E-state index in [1.807, 2.05) is 23.6 Å². The Hall–Kier alpha value is -2.41. The molecule has 0 saturated carbocycles. The van der Waals surface area contributed by atoms with Gasteiger partial charge in [0.1, 0.15) is 11.6 Å². The maximum Gasteiger partial charge on any atom is 0.323 e. The number of benzene rings is 1. The summed E-state index contributed by atoms with van der Waals surface area (Å²) < 4.78 is 0. The van der Waals surface area contributed by atoms with Crippen molar-refractivity contribution in [2.24, 2.45) is 0 Å². The van der Waals surface area contributed by atoms with Gasteiger partial charge in [-0.05, 0) is 18.2 Å². The standard InChI is InChI=1S/C13H12N4O2S/c1-17(7-11(18)19)13-15-9-3-2-8(6-10(9)16-13)12-14-4-5-20-12/h2-6H,7H2,1H3,(H,15,16)(H,18,19). The van der Waals surface area contributed by atoms with Crippen LogP contribution in [0.2, 0.25) is 0 Å². The van der Waals surface area contributed by atoms with Gasteiger partial charge in [0.05, 0.1) is 11.0 Å². The third-order valence-corrected chi connectivity index (χ3v) is 3.70. The van der Waals surface area contributed by atoms with Gasteiger partial charge in [0.25, 0.3) is 0 Å². The van der Waals surface area contributed by atoms with Crippen LogP contribution < -0.4 is 4.90 Å². The number of carboxylic acids is 1. The van der Waals surface area contributed by atoms with E-state index < -0.39 is 5.97 Å². The minimum absolute atomic E-state index is 0.0981. The van der Waals surface area contributed by atoms with Crippen LogP contribution >= 0.6 is 11.3 Å². The maximum atomic E-state index is 10.7. The van der Waals surface area contributed by atoms with Gasteiger partial charge in [-0.2, -0.15) is 0 Å². The van der Waals surface area contributed by atoms with Gasteiger partial charge >= 0.3 is 5.97 Å². The van der Waals surface area contributed by atoms with Crippen LogP contribution in [0.5, 0.6) is 0 Å². The average molecular weight is 288 g/mol. The van der Waals surface area contributed by atoms with Gasteiger partial charge in [-0.3, -0.25) is 4.79 Å². The van der Waals surface area contributed by atoms with Crippen molar-refractivity contribution < 1.29 is 9.90 Å². The van der Waals surface area contributed by atoms with Crippen molar-refractivity contribution in [1.29, 1.82) is 0 Å². The second-order valence-electron chi connectivity index (χ2n) is 4.38.